The molecule has 2 N–H and O–H groups in total. The molecule has 0 spiro atoms. The van der Waals surface area contributed by atoms with E-state index in [1.165, 1.54) is 18.2 Å². The largest absolute Gasteiger partial charge is 0.491 e. The van der Waals surface area contributed by atoms with E-state index in [1.54, 1.807) is 11.9 Å². The summed E-state index contributed by atoms with van der Waals surface area (Å²) in [6, 6.07) is 4.05. The second-order valence-corrected chi connectivity index (χ2v) is 6.39. The SMILES string of the molecule is CCCOc1cc(F)ccc1NC(=O)N(C)C1CCC(CO)CC1. The maximum atomic E-state index is 13.4. The molecule has 1 aromatic carbocycles. The number of ether oxygens (including phenoxy) is 1. The molecule has 5 nitrogen and oxygen atoms in total. The zero-order valence-electron chi connectivity index (χ0n) is 14.4. The van der Waals surface area contributed by atoms with E-state index in [2.05, 4.69) is 5.32 Å². The van der Waals surface area contributed by atoms with Crippen LogP contribution in [-0.4, -0.2) is 42.3 Å². The lowest BCUT2D eigenvalue weighted by Crippen LogP contribution is -2.42. The van der Waals surface area contributed by atoms with Crippen LogP contribution in [0.15, 0.2) is 18.2 Å². The summed E-state index contributed by atoms with van der Waals surface area (Å²) in [5.41, 5.74) is 0.478. The van der Waals surface area contributed by atoms with Crippen molar-refractivity contribution in [2.45, 2.75) is 45.1 Å². The van der Waals surface area contributed by atoms with Crippen LogP contribution in [0.25, 0.3) is 0 Å². The van der Waals surface area contributed by atoms with E-state index in [0.717, 1.165) is 32.1 Å². The molecule has 0 atom stereocenters. The number of benzene rings is 1. The van der Waals surface area contributed by atoms with Gasteiger partial charge in [0.15, 0.2) is 0 Å². The van der Waals surface area contributed by atoms with E-state index >= 15 is 0 Å². The zero-order valence-corrected chi connectivity index (χ0v) is 14.4. The molecular weight excluding hydrogens is 311 g/mol. The third-order valence-corrected chi connectivity index (χ3v) is 4.59. The van der Waals surface area contributed by atoms with E-state index in [-0.39, 0.29) is 18.7 Å². The Morgan fingerprint density at radius 3 is 2.71 bits per heavy atom. The Labute approximate surface area is 142 Å². The van der Waals surface area contributed by atoms with Crippen LogP contribution in [0.5, 0.6) is 5.75 Å². The second-order valence-electron chi connectivity index (χ2n) is 6.39. The number of rotatable bonds is 6. The first kappa shape index (κ1) is 18.5. The normalized spacial score (nSPS) is 20.5. The molecule has 24 heavy (non-hydrogen) atoms. The Morgan fingerprint density at radius 1 is 1.38 bits per heavy atom. The average Bonchev–Trinajstić information content (AvgIpc) is 2.61. The third kappa shape index (κ3) is 4.84. The van der Waals surface area contributed by atoms with Crippen LogP contribution in [0, 0.1) is 11.7 Å². The van der Waals surface area contributed by atoms with Gasteiger partial charge in [-0.25, -0.2) is 9.18 Å². The summed E-state index contributed by atoms with van der Waals surface area (Å²) in [7, 11) is 1.77. The van der Waals surface area contributed by atoms with Gasteiger partial charge in [-0.05, 0) is 50.2 Å². The van der Waals surface area contributed by atoms with Crippen LogP contribution in [-0.2, 0) is 0 Å². The molecule has 0 radical (unpaired) electrons. The number of carbonyl (C=O) groups is 1. The molecule has 0 heterocycles. The monoisotopic (exact) mass is 338 g/mol. The Morgan fingerprint density at radius 2 is 2.08 bits per heavy atom. The fourth-order valence-electron chi connectivity index (χ4n) is 3.01. The Hall–Kier alpha value is -1.82. The number of aliphatic hydroxyl groups excluding tert-OH is 1. The van der Waals surface area contributed by atoms with Gasteiger partial charge in [0.1, 0.15) is 11.6 Å². The molecule has 1 saturated carbocycles. The first-order valence-corrected chi connectivity index (χ1v) is 8.62. The van der Waals surface area contributed by atoms with Gasteiger partial charge in [0.25, 0.3) is 0 Å². The molecular formula is C18H27FN2O3. The molecule has 2 rings (SSSR count). The van der Waals surface area contributed by atoms with Crippen molar-refractivity contribution in [1.29, 1.82) is 0 Å². The van der Waals surface area contributed by atoms with Crippen LogP contribution in [0.3, 0.4) is 0 Å². The smallest absolute Gasteiger partial charge is 0.321 e. The van der Waals surface area contributed by atoms with Crippen LogP contribution >= 0.6 is 0 Å². The predicted molar refractivity (Wildman–Crippen MR) is 91.8 cm³/mol. The molecule has 1 fully saturated rings. The summed E-state index contributed by atoms with van der Waals surface area (Å²) in [5.74, 6) is 0.307. The molecule has 1 aliphatic carbocycles. The quantitative estimate of drug-likeness (QED) is 0.832. The second kappa shape index (κ2) is 8.87. The summed E-state index contributed by atoms with van der Waals surface area (Å²) in [5, 5.41) is 12.0. The van der Waals surface area contributed by atoms with Crippen molar-refractivity contribution in [1.82, 2.24) is 4.90 Å². The summed E-state index contributed by atoms with van der Waals surface area (Å²) >= 11 is 0. The van der Waals surface area contributed by atoms with Gasteiger partial charge in [-0.2, -0.15) is 0 Å². The lowest BCUT2D eigenvalue weighted by molar-refractivity contribution is 0.139. The van der Waals surface area contributed by atoms with Gasteiger partial charge in [0, 0.05) is 25.8 Å². The minimum Gasteiger partial charge on any atom is -0.491 e. The fourth-order valence-corrected chi connectivity index (χ4v) is 3.01. The molecule has 134 valence electrons. The van der Waals surface area contributed by atoms with Crippen molar-refractivity contribution >= 4 is 11.7 Å². The molecule has 2 amide bonds. The first-order valence-electron chi connectivity index (χ1n) is 8.62. The van der Waals surface area contributed by atoms with Crippen LogP contribution in [0.1, 0.15) is 39.0 Å². The van der Waals surface area contributed by atoms with Crippen molar-refractivity contribution in [3.63, 3.8) is 0 Å². The fraction of sp³-hybridized carbons (Fsp3) is 0.611. The van der Waals surface area contributed by atoms with Gasteiger partial charge < -0.3 is 20.1 Å². The number of nitrogens with one attached hydrogen (secondary N) is 1. The summed E-state index contributed by atoms with van der Waals surface area (Å²) in [4.78, 5) is 14.2. The van der Waals surface area contributed by atoms with Gasteiger partial charge in [-0.3, -0.25) is 0 Å². The standard InChI is InChI=1S/C18H27FN2O3/c1-3-10-24-17-11-14(19)6-9-16(17)20-18(23)21(2)15-7-4-13(12-22)5-8-15/h6,9,11,13,15,22H,3-5,7-8,10,12H2,1-2H3,(H,20,23). The van der Waals surface area contributed by atoms with Crippen LogP contribution in [0.4, 0.5) is 14.9 Å². The first-order chi connectivity index (χ1) is 11.5. The van der Waals surface area contributed by atoms with Gasteiger partial charge in [0.05, 0.1) is 12.3 Å². The Balaban J connectivity index is 1.98. The maximum Gasteiger partial charge on any atom is 0.321 e. The van der Waals surface area contributed by atoms with E-state index in [4.69, 9.17) is 4.74 Å². The number of urea groups is 1. The minimum atomic E-state index is -0.394. The molecule has 1 aliphatic rings. The van der Waals surface area contributed by atoms with E-state index < -0.39 is 5.82 Å². The van der Waals surface area contributed by atoms with Crippen molar-refractivity contribution in [3.8, 4) is 5.75 Å². The Kier molecular flexibility index (Phi) is 6.85. The number of carbonyl (C=O) groups excluding carboxylic acids is 1. The van der Waals surface area contributed by atoms with Crippen molar-refractivity contribution in [2.24, 2.45) is 5.92 Å². The van der Waals surface area contributed by atoms with Crippen LogP contribution in [0.2, 0.25) is 0 Å². The number of aliphatic hydroxyl groups is 1. The summed E-state index contributed by atoms with van der Waals surface area (Å²) in [6.45, 7) is 2.65. The van der Waals surface area contributed by atoms with Gasteiger partial charge in [-0.15, -0.1) is 0 Å². The summed E-state index contributed by atoms with van der Waals surface area (Å²) in [6.07, 6.45) is 4.44. The highest BCUT2D eigenvalue weighted by atomic mass is 19.1. The molecule has 1 aromatic rings. The third-order valence-electron chi connectivity index (χ3n) is 4.59. The molecule has 0 aliphatic heterocycles. The topological polar surface area (TPSA) is 61.8 Å². The molecule has 0 unspecified atom stereocenters. The highest BCUT2D eigenvalue weighted by Gasteiger charge is 2.26. The lowest BCUT2D eigenvalue weighted by Gasteiger charge is -2.34. The molecule has 0 saturated heterocycles. The highest BCUT2D eigenvalue weighted by Crippen LogP contribution is 2.29. The molecule has 0 bridgehead atoms. The molecule has 0 aromatic heterocycles. The number of hydrogen-bond donors (Lipinski definition) is 2. The molecule has 6 heteroatoms. The maximum absolute atomic E-state index is 13.4. The van der Waals surface area contributed by atoms with E-state index in [1.807, 2.05) is 6.92 Å². The van der Waals surface area contributed by atoms with Crippen molar-refractivity contribution in [2.75, 3.05) is 25.6 Å². The van der Waals surface area contributed by atoms with Gasteiger partial charge in [-0.1, -0.05) is 6.92 Å². The van der Waals surface area contributed by atoms with Crippen LogP contribution < -0.4 is 10.1 Å². The predicted octanol–water partition coefficient (Wildman–Crippen LogP) is 3.63. The Bertz CT molecular complexity index is 545. The van der Waals surface area contributed by atoms with Gasteiger partial charge >= 0.3 is 6.03 Å². The number of hydrogen-bond acceptors (Lipinski definition) is 3. The average molecular weight is 338 g/mol. The number of halogens is 1. The summed E-state index contributed by atoms with van der Waals surface area (Å²) < 4.78 is 18.9. The van der Waals surface area contributed by atoms with Gasteiger partial charge in [0.2, 0.25) is 0 Å². The van der Waals surface area contributed by atoms with E-state index in [0.29, 0.717) is 24.0 Å². The number of amides is 2. The van der Waals surface area contributed by atoms with Crippen molar-refractivity contribution < 1.29 is 19.0 Å². The van der Waals surface area contributed by atoms with E-state index in [9.17, 15) is 14.3 Å². The number of nitrogens with zero attached hydrogens (tertiary/aromatic N) is 1. The minimum absolute atomic E-state index is 0.160. The highest BCUT2D eigenvalue weighted by molar-refractivity contribution is 5.91. The van der Waals surface area contributed by atoms with Crippen molar-refractivity contribution in [3.05, 3.63) is 24.0 Å². The zero-order chi connectivity index (χ0) is 17.5. The number of anilines is 1. The lowest BCUT2D eigenvalue weighted by atomic mass is 9.86.